The van der Waals surface area contributed by atoms with Gasteiger partial charge in [-0.1, -0.05) is 12.1 Å². The van der Waals surface area contributed by atoms with Gasteiger partial charge in [0.25, 0.3) is 0 Å². The summed E-state index contributed by atoms with van der Waals surface area (Å²) < 4.78 is 5.46. The summed E-state index contributed by atoms with van der Waals surface area (Å²) in [6.45, 7) is 1.97. The average molecular weight is 311 g/mol. The predicted molar refractivity (Wildman–Crippen MR) is 89.9 cm³/mol. The molecular formula is C17H17N3OS. The molecule has 112 valence electrons. The maximum Gasteiger partial charge on any atom is 0.128 e. The van der Waals surface area contributed by atoms with Crippen molar-refractivity contribution < 1.29 is 4.74 Å². The summed E-state index contributed by atoms with van der Waals surface area (Å²) in [4.78, 5) is 9.92. The van der Waals surface area contributed by atoms with E-state index < -0.39 is 0 Å². The Kier molecular flexibility index (Phi) is 4.18. The predicted octanol–water partition coefficient (Wildman–Crippen LogP) is 3.90. The van der Waals surface area contributed by atoms with Gasteiger partial charge in [-0.2, -0.15) is 0 Å². The molecule has 0 bridgehead atoms. The molecular weight excluding hydrogens is 294 g/mol. The fourth-order valence-electron chi connectivity index (χ4n) is 2.29. The zero-order valence-electron chi connectivity index (χ0n) is 12.5. The van der Waals surface area contributed by atoms with Crippen LogP contribution in [0.5, 0.6) is 5.75 Å². The lowest BCUT2D eigenvalue weighted by Gasteiger charge is -2.09. The summed E-state index contributed by atoms with van der Waals surface area (Å²) in [5.74, 6) is 0.802. The summed E-state index contributed by atoms with van der Waals surface area (Å²) in [7, 11) is 1.67. The third-order valence-corrected chi connectivity index (χ3v) is 4.66. The number of rotatable bonds is 4. The molecule has 22 heavy (non-hydrogen) atoms. The fraction of sp³-hybridized carbons (Fsp3) is 0.176. The van der Waals surface area contributed by atoms with Crippen molar-refractivity contribution in [3.05, 3.63) is 53.7 Å². The molecule has 5 heteroatoms. The van der Waals surface area contributed by atoms with Crippen LogP contribution in [0.4, 0.5) is 0 Å². The molecule has 0 saturated carbocycles. The Bertz CT molecular complexity index is 769. The molecule has 3 rings (SSSR count). The van der Waals surface area contributed by atoms with Gasteiger partial charge in [-0.05, 0) is 31.2 Å². The normalized spacial score (nSPS) is 12.1. The number of benzene rings is 1. The molecule has 4 nitrogen and oxygen atoms in total. The second-order valence-corrected chi connectivity index (χ2v) is 5.99. The van der Waals surface area contributed by atoms with Crippen LogP contribution in [0.3, 0.4) is 0 Å². The third-order valence-electron chi connectivity index (χ3n) is 3.36. The monoisotopic (exact) mass is 311 g/mol. The summed E-state index contributed by atoms with van der Waals surface area (Å²) in [5.41, 5.74) is 9.06. The minimum absolute atomic E-state index is 0.0898. The van der Waals surface area contributed by atoms with E-state index >= 15 is 0 Å². The third kappa shape index (κ3) is 2.73. The molecule has 0 aliphatic heterocycles. The van der Waals surface area contributed by atoms with E-state index in [1.807, 2.05) is 43.3 Å². The maximum absolute atomic E-state index is 6.15. The van der Waals surface area contributed by atoms with Crippen LogP contribution in [0.1, 0.15) is 17.8 Å². The van der Waals surface area contributed by atoms with E-state index in [0.29, 0.717) is 0 Å². The summed E-state index contributed by atoms with van der Waals surface area (Å²) >= 11 is 1.62. The number of nitrogens with two attached hydrogens (primary N) is 1. The fourth-order valence-corrected chi connectivity index (χ4v) is 3.33. The van der Waals surface area contributed by atoms with Crippen LogP contribution in [0.2, 0.25) is 0 Å². The number of pyridine rings is 1. The highest BCUT2D eigenvalue weighted by molar-refractivity contribution is 7.15. The van der Waals surface area contributed by atoms with Crippen molar-refractivity contribution in [2.45, 2.75) is 13.0 Å². The Balaban J connectivity index is 2.17. The second-order valence-electron chi connectivity index (χ2n) is 4.96. The van der Waals surface area contributed by atoms with Crippen LogP contribution >= 0.6 is 11.3 Å². The summed E-state index contributed by atoms with van der Waals surface area (Å²) in [6.07, 6.45) is 3.54. The van der Waals surface area contributed by atoms with Gasteiger partial charge in [0, 0.05) is 34.4 Å². The van der Waals surface area contributed by atoms with E-state index in [9.17, 15) is 0 Å². The van der Waals surface area contributed by atoms with Gasteiger partial charge in [0.1, 0.15) is 10.8 Å². The molecule has 2 aromatic heterocycles. The van der Waals surface area contributed by atoms with E-state index in [0.717, 1.165) is 32.5 Å². The number of hydrogen-bond acceptors (Lipinski definition) is 5. The van der Waals surface area contributed by atoms with Crippen LogP contribution in [-0.4, -0.2) is 17.1 Å². The number of hydrogen-bond donors (Lipinski definition) is 1. The smallest absolute Gasteiger partial charge is 0.128 e. The number of thiazole rings is 1. The number of aromatic nitrogens is 2. The Morgan fingerprint density at radius 2 is 1.86 bits per heavy atom. The van der Waals surface area contributed by atoms with Crippen molar-refractivity contribution in [1.29, 1.82) is 0 Å². The van der Waals surface area contributed by atoms with Crippen LogP contribution in [-0.2, 0) is 0 Å². The molecule has 1 aromatic carbocycles. The van der Waals surface area contributed by atoms with Gasteiger partial charge in [0.15, 0.2) is 0 Å². The van der Waals surface area contributed by atoms with Crippen molar-refractivity contribution in [1.82, 2.24) is 9.97 Å². The molecule has 0 aliphatic carbocycles. The Labute approximate surface area is 133 Å². The van der Waals surface area contributed by atoms with E-state index in [4.69, 9.17) is 15.5 Å². The summed E-state index contributed by atoms with van der Waals surface area (Å²) in [6, 6.07) is 11.7. The highest BCUT2D eigenvalue weighted by Crippen LogP contribution is 2.39. The van der Waals surface area contributed by atoms with Crippen molar-refractivity contribution >= 4 is 11.3 Å². The Hall–Kier alpha value is -2.24. The zero-order valence-corrected chi connectivity index (χ0v) is 13.3. The largest absolute Gasteiger partial charge is 0.496 e. The molecule has 0 amide bonds. The van der Waals surface area contributed by atoms with Gasteiger partial charge < -0.3 is 10.5 Å². The number of methoxy groups -OCH3 is 1. The van der Waals surface area contributed by atoms with Crippen molar-refractivity contribution in [3.8, 4) is 27.6 Å². The molecule has 3 aromatic rings. The van der Waals surface area contributed by atoms with Gasteiger partial charge in [-0.3, -0.25) is 4.98 Å². The molecule has 1 atom stereocenters. The van der Waals surface area contributed by atoms with E-state index in [1.54, 1.807) is 30.8 Å². The topological polar surface area (TPSA) is 61.0 Å². The van der Waals surface area contributed by atoms with E-state index in [-0.39, 0.29) is 6.04 Å². The molecule has 0 saturated heterocycles. The van der Waals surface area contributed by atoms with Gasteiger partial charge >= 0.3 is 0 Å². The standard InChI is InChI=1S/C17H17N3OS/c1-11(18)16-15(13-5-3-4-6-14(13)21-2)20-17(22-16)12-7-9-19-10-8-12/h3-11H,18H2,1-2H3. The lowest BCUT2D eigenvalue weighted by Crippen LogP contribution is -2.04. The first-order valence-corrected chi connectivity index (χ1v) is 7.82. The maximum atomic E-state index is 6.15. The molecule has 1 unspecified atom stereocenters. The minimum Gasteiger partial charge on any atom is -0.496 e. The van der Waals surface area contributed by atoms with Crippen LogP contribution in [0, 0.1) is 0 Å². The Morgan fingerprint density at radius 1 is 1.14 bits per heavy atom. The summed E-state index contributed by atoms with van der Waals surface area (Å²) in [5, 5.41) is 0.940. The van der Waals surface area contributed by atoms with E-state index in [1.165, 1.54) is 0 Å². The Morgan fingerprint density at radius 3 is 2.55 bits per heavy atom. The average Bonchev–Trinajstić information content (AvgIpc) is 3.01. The lowest BCUT2D eigenvalue weighted by molar-refractivity contribution is 0.416. The highest BCUT2D eigenvalue weighted by Gasteiger charge is 2.19. The first kappa shape index (κ1) is 14.7. The van der Waals surface area contributed by atoms with Crippen LogP contribution in [0.25, 0.3) is 21.8 Å². The van der Waals surface area contributed by atoms with Crippen molar-refractivity contribution in [3.63, 3.8) is 0 Å². The van der Waals surface area contributed by atoms with Crippen molar-refractivity contribution in [2.24, 2.45) is 5.73 Å². The van der Waals surface area contributed by atoms with Gasteiger partial charge in [0.2, 0.25) is 0 Å². The second kappa shape index (κ2) is 6.25. The van der Waals surface area contributed by atoms with Gasteiger partial charge in [-0.15, -0.1) is 11.3 Å². The highest BCUT2D eigenvalue weighted by atomic mass is 32.1. The van der Waals surface area contributed by atoms with Gasteiger partial charge in [0.05, 0.1) is 12.8 Å². The molecule has 2 N–H and O–H groups in total. The molecule has 0 fully saturated rings. The molecule has 2 heterocycles. The molecule has 0 spiro atoms. The van der Waals surface area contributed by atoms with E-state index in [2.05, 4.69) is 4.98 Å². The van der Waals surface area contributed by atoms with Gasteiger partial charge in [-0.25, -0.2) is 4.98 Å². The number of para-hydroxylation sites is 1. The quantitative estimate of drug-likeness (QED) is 0.794. The van der Waals surface area contributed by atoms with Crippen LogP contribution in [0.15, 0.2) is 48.8 Å². The first-order chi connectivity index (χ1) is 10.7. The zero-order chi connectivity index (χ0) is 15.5. The lowest BCUT2D eigenvalue weighted by atomic mass is 10.1. The molecule has 0 radical (unpaired) electrons. The molecule has 0 aliphatic rings. The van der Waals surface area contributed by atoms with Crippen molar-refractivity contribution in [2.75, 3.05) is 7.11 Å². The number of nitrogens with zero attached hydrogens (tertiary/aromatic N) is 2. The SMILES string of the molecule is COc1ccccc1-c1nc(-c2ccncc2)sc1C(C)N. The first-order valence-electron chi connectivity index (χ1n) is 7.00. The van der Waals surface area contributed by atoms with Crippen LogP contribution < -0.4 is 10.5 Å². The number of ether oxygens (including phenoxy) is 1. The minimum atomic E-state index is -0.0898.